The fraction of sp³-hybridized carbons (Fsp3) is 0.0588. The number of aromatic hydroxyl groups is 5. The fourth-order valence-electron chi connectivity index (χ4n) is 2.40. The minimum atomic E-state index is -0.989. The van der Waals surface area contributed by atoms with Crippen molar-refractivity contribution in [2.45, 2.75) is 6.92 Å². The summed E-state index contributed by atoms with van der Waals surface area (Å²) in [5, 5.41) is 48.0. The molecule has 0 spiro atoms. The Balaban J connectivity index is 2.47. The number of hydrogen-bond acceptors (Lipinski definition) is 9. The highest BCUT2D eigenvalue weighted by molar-refractivity contribution is 5.93. The first-order valence-electron chi connectivity index (χ1n) is 7.16. The molecule has 2 aromatic carbocycles. The summed E-state index contributed by atoms with van der Waals surface area (Å²) in [7, 11) is 0. The summed E-state index contributed by atoms with van der Waals surface area (Å²) >= 11 is 0. The highest BCUT2D eigenvalue weighted by Gasteiger charge is 2.25. The van der Waals surface area contributed by atoms with Crippen molar-refractivity contribution >= 4 is 16.9 Å². The Morgan fingerprint density at radius 2 is 1.65 bits per heavy atom. The Morgan fingerprint density at radius 3 is 2.27 bits per heavy atom. The van der Waals surface area contributed by atoms with Crippen LogP contribution in [-0.2, 0) is 4.79 Å². The third-order valence-corrected chi connectivity index (χ3v) is 3.54. The lowest BCUT2D eigenvalue weighted by atomic mass is 10.1. The first-order valence-corrected chi connectivity index (χ1v) is 7.16. The zero-order valence-electron chi connectivity index (χ0n) is 13.2. The summed E-state index contributed by atoms with van der Waals surface area (Å²) in [5.74, 6) is -5.05. The van der Waals surface area contributed by atoms with Crippen molar-refractivity contribution in [3.8, 4) is 45.8 Å². The van der Waals surface area contributed by atoms with Crippen molar-refractivity contribution in [2.24, 2.45) is 0 Å². The van der Waals surface area contributed by atoms with Gasteiger partial charge in [0.2, 0.25) is 16.9 Å². The van der Waals surface area contributed by atoms with E-state index in [1.807, 2.05) is 0 Å². The Labute approximate surface area is 144 Å². The van der Waals surface area contributed by atoms with Crippen molar-refractivity contribution in [2.75, 3.05) is 0 Å². The van der Waals surface area contributed by atoms with Gasteiger partial charge in [0.05, 0.1) is 0 Å². The predicted octanol–water partition coefficient (Wildman–Crippen LogP) is 1.91. The lowest BCUT2D eigenvalue weighted by Gasteiger charge is -2.12. The van der Waals surface area contributed by atoms with Gasteiger partial charge in [-0.05, 0) is 18.2 Å². The molecule has 0 aliphatic rings. The molecular formula is C17H12O9. The zero-order chi connectivity index (χ0) is 19.2. The van der Waals surface area contributed by atoms with Crippen molar-refractivity contribution in [3.63, 3.8) is 0 Å². The molecule has 0 aliphatic carbocycles. The van der Waals surface area contributed by atoms with E-state index >= 15 is 0 Å². The molecule has 3 rings (SSSR count). The molecule has 1 heterocycles. The average molecular weight is 360 g/mol. The van der Waals surface area contributed by atoms with Gasteiger partial charge in [0.1, 0.15) is 11.1 Å². The monoisotopic (exact) mass is 360 g/mol. The van der Waals surface area contributed by atoms with Crippen LogP contribution in [0.25, 0.3) is 22.3 Å². The number of ether oxygens (including phenoxy) is 1. The van der Waals surface area contributed by atoms with E-state index in [4.69, 9.17) is 9.15 Å². The van der Waals surface area contributed by atoms with Gasteiger partial charge in [-0.2, -0.15) is 0 Å². The van der Waals surface area contributed by atoms with Crippen molar-refractivity contribution in [3.05, 3.63) is 34.5 Å². The van der Waals surface area contributed by atoms with Crippen LogP contribution in [-0.4, -0.2) is 31.5 Å². The number of benzene rings is 2. The van der Waals surface area contributed by atoms with Gasteiger partial charge in [-0.1, -0.05) is 0 Å². The average Bonchev–Trinajstić information content (AvgIpc) is 2.56. The minimum absolute atomic E-state index is 0.0257. The van der Waals surface area contributed by atoms with Crippen LogP contribution in [0.5, 0.6) is 34.5 Å². The van der Waals surface area contributed by atoms with E-state index in [1.54, 1.807) is 0 Å². The van der Waals surface area contributed by atoms with Crippen molar-refractivity contribution in [1.82, 2.24) is 0 Å². The summed E-state index contributed by atoms with van der Waals surface area (Å²) in [4.78, 5) is 24.1. The van der Waals surface area contributed by atoms with Crippen molar-refractivity contribution in [1.29, 1.82) is 0 Å². The summed E-state index contributed by atoms with van der Waals surface area (Å²) in [6.45, 7) is 1.04. The Bertz CT molecular complexity index is 1110. The molecule has 0 atom stereocenters. The maximum atomic E-state index is 12.7. The van der Waals surface area contributed by atoms with E-state index in [9.17, 15) is 35.1 Å². The zero-order valence-corrected chi connectivity index (χ0v) is 13.2. The minimum Gasteiger partial charge on any atom is -0.507 e. The van der Waals surface area contributed by atoms with Gasteiger partial charge in [-0.25, -0.2) is 0 Å². The lowest BCUT2D eigenvalue weighted by molar-refractivity contribution is -0.132. The van der Waals surface area contributed by atoms with Crippen LogP contribution >= 0.6 is 0 Å². The first-order chi connectivity index (χ1) is 12.2. The normalized spacial score (nSPS) is 10.8. The number of phenols is 5. The Hall–Kier alpha value is -3.88. The second-order valence-electron chi connectivity index (χ2n) is 5.35. The lowest BCUT2D eigenvalue weighted by Crippen LogP contribution is -2.13. The highest BCUT2D eigenvalue weighted by atomic mass is 16.5. The van der Waals surface area contributed by atoms with E-state index in [-0.39, 0.29) is 11.3 Å². The predicted molar refractivity (Wildman–Crippen MR) is 87.6 cm³/mol. The van der Waals surface area contributed by atoms with Gasteiger partial charge in [-0.15, -0.1) is 0 Å². The third-order valence-electron chi connectivity index (χ3n) is 3.54. The number of phenolic OH excluding ortho intramolecular Hbond substituents is 5. The number of hydrogen-bond donors (Lipinski definition) is 5. The molecule has 0 amide bonds. The topological polar surface area (TPSA) is 158 Å². The van der Waals surface area contributed by atoms with E-state index < -0.39 is 56.9 Å². The molecule has 0 saturated carbocycles. The quantitative estimate of drug-likeness (QED) is 0.261. The van der Waals surface area contributed by atoms with Crippen LogP contribution in [0.3, 0.4) is 0 Å². The Kier molecular flexibility index (Phi) is 3.84. The smallest absolute Gasteiger partial charge is 0.308 e. The molecule has 3 aromatic rings. The van der Waals surface area contributed by atoms with Gasteiger partial charge in [0, 0.05) is 18.6 Å². The van der Waals surface area contributed by atoms with Gasteiger partial charge >= 0.3 is 5.97 Å². The molecule has 0 fully saturated rings. The fourth-order valence-corrected chi connectivity index (χ4v) is 2.40. The van der Waals surface area contributed by atoms with Gasteiger partial charge < -0.3 is 34.7 Å². The highest BCUT2D eigenvalue weighted by Crippen LogP contribution is 2.43. The van der Waals surface area contributed by atoms with Crippen LogP contribution < -0.4 is 10.2 Å². The summed E-state index contributed by atoms with van der Waals surface area (Å²) in [6.07, 6.45) is 0. The van der Waals surface area contributed by atoms with Crippen LogP contribution in [0.2, 0.25) is 0 Å². The van der Waals surface area contributed by atoms with E-state index in [0.717, 1.165) is 25.1 Å². The van der Waals surface area contributed by atoms with Gasteiger partial charge in [0.15, 0.2) is 28.6 Å². The maximum absolute atomic E-state index is 12.7. The number of esters is 1. The van der Waals surface area contributed by atoms with Crippen LogP contribution in [0, 0.1) is 0 Å². The second kappa shape index (κ2) is 5.88. The SMILES string of the molecule is CC(=O)Oc1c(-c2ccc(O)c(O)c2)oc2c(O)c(O)cc(O)c2c1=O. The number of carbonyl (C=O) groups is 1. The number of rotatable bonds is 2. The maximum Gasteiger partial charge on any atom is 0.308 e. The summed E-state index contributed by atoms with van der Waals surface area (Å²) < 4.78 is 10.3. The molecule has 0 aliphatic heterocycles. The van der Waals surface area contributed by atoms with Crippen molar-refractivity contribution < 1.29 is 39.5 Å². The molecule has 9 heteroatoms. The molecule has 9 nitrogen and oxygen atoms in total. The molecule has 1 aromatic heterocycles. The number of carbonyl (C=O) groups excluding carboxylic acids is 1. The molecule has 5 N–H and O–H groups in total. The van der Waals surface area contributed by atoms with E-state index in [0.29, 0.717) is 0 Å². The first kappa shape index (κ1) is 17.0. The molecule has 0 radical (unpaired) electrons. The number of fused-ring (bicyclic) bond motifs is 1. The molecule has 0 saturated heterocycles. The van der Waals surface area contributed by atoms with Gasteiger partial charge in [0.25, 0.3) is 0 Å². The van der Waals surface area contributed by atoms with Gasteiger partial charge in [-0.3, -0.25) is 9.59 Å². The molecular weight excluding hydrogens is 348 g/mol. The largest absolute Gasteiger partial charge is 0.507 e. The second-order valence-corrected chi connectivity index (χ2v) is 5.35. The molecule has 0 bridgehead atoms. The van der Waals surface area contributed by atoms with Crippen LogP contribution in [0.1, 0.15) is 6.92 Å². The Morgan fingerprint density at radius 1 is 0.962 bits per heavy atom. The summed E-state index contributed by atoms with van der Waals surface area (Å²) in [5.41, 5.74) is -1.51. The van der Waals surface area contributed by atoms with Crippen LogP contribution in [0.4, 0.5) is 0 Å². The summed E-state index contributed by atoms with van der Waals surface area (Å²) in [6, 6.07) is 4.13. The third kappa shape index (κ3) is 2.61. The van der Waals surface area contributed by atoms with E-state index in [2.05, 4.69) is 0 Å². The molecule has 0 unspecified atom stereocenters. The van der Waals surface area contributed by atoms with Crippen LogP contribution in [0.15, 0.2) is 33.5 Å². The molecule has 26 heavy (non-hydrogen) atoms. The molecule has 134 valence electrons. The van der Waals surface area contributed by atoms with E-state index in [1.165, 1.54) is 6.07 Å². The standard InChI is InChI=1S/C17H12O9/c1-6(18)25-17-14(24)12-10(21)5-11(22)13(23)16(12)26-15(17)7-2-3-8(19)9(20)4-7/h2-5,19-23H,1H3.